The molecule has 0 spiro atoms. The van der Waals surface area contributed by atoms with Crippen LogP contribution in [-0.4, -0.2) is 26.5 Å². The minimum atomic E-state index is -4.28. The van der Waals surface area contributed by atoms with Gasteiger partial charge in [0.25, 0.3) is 0 Å². The molecule has 0 saturated heterocycles. The van der Waals surface area contributed by atoms with Crippen LogP contribution in [0.4, 0.5) is 13.2 Å². The van der Waals surface area contributed by atoms with E-state index in [2.05, 4.69) is 46.0 Å². The lowest BCUT2D eigenvalue weighted by Crippen LogP contribution is -2.29. The Morgan fingerprint density at radius 1 is 1.39 bits per heavy atom. The average Bonchev–Trinajstić information content (AvgIpc) is 2.89. The first-order chi connectivity index (χ1) is 13.2. The standard InChI is InChI=1S/C20H21BrF3N3S/c1-5-8-14(12-20(22,23)24)11-15(21)18-13(3)26-19(27(18)4)17-16(28-6-2)9-7-10-25-17/h5,7,9-11H,1,3,6,8,12H2,2,4H3/b14-11+,18-15-. The van der Waals surface area contributed by atoms with E-state index in [1.807, 2.05) is 12.1 Å². The van der Waals surface area contributed by atoms with Crippen LogP contribution < -0.4 is 10.7 Å². The van der Waals surface area contributed by atoms with Gasteiger partial charge < -0.3 is 4.57 Å². The van der Waals surface area contributed by atoms with Gasteiger partial charge in [-0.05, 0) is 46.3 Å². The van der Waals surface area contributed by atoms with Gasteiger partial charge in [0.2, 0.25) is 0 Å². The molecule has 2 heterocycles. The van der Waals surface area contributed by atoms with Crippen molar-refractivity contribution < 1.29 is 13.2 Å². The first-order valence-electron chi connectivity index (χ1n) is 8.54. The Morgan fingerprint density at radius 2 is 2.11 bits per heavy atom. The first-order valence-corrected chi connectivity index (χ1v) is 10.3. The summed E-state index contributed by atoms with van der Waals surface area (Å²) in [6.07, 6.45) is -0.514. The third-order valence-corrected chi connectivity index (χ3v) is 5.37. The molecule has 0 radical (unpaired) electrons. The van der Waals surface area contributed by atoms with E-state index in [1.165, 1.54) is 12.2 Å². The number of rotatable bonds is 7. The fraction of sp³-hybridized carbons (Fsp3) is 0.300. The molecule has 0 unspecified atom stereocenters. The van der Waals surface area contributed by atoms with Gasteiger partial charge in [0.05, 0.1) is 17.1 Å². The van der Waals surface area contributed by atoms with Crippen molar-refractivity contribution >= 4 is 38.8 Å². The average molecular weight is 472 g/mol. The van der Waals surface area contributed by atoms with E-state index >= 15 is 0 Å². The van der Waals surface area contributed by atoms with Crippen molar-refractivity contribution in [3.05, 3.63) is 53.3 Å². The van der Waals surface area contributed by atoms with Crippen LogP contribution in [0.3, 0.4) is 0 Å². The third-order valence-electron chi connectivity index (χ3n) is 3.84. The molecule has 8 heteroatoms. The molecule has 0 saturated carbocycles. The first kappa shape index (κ1) is 22.5. The predicted molar refractivity (Wildman–Crippen MR) is 114 cm³/mol. The van der Waals surface area contributed by atoms with Gasteiger partial charge in [0.15, 0.2) is 5.82 Å². The number of allylic oxidation sites excluding steroid dienone is 3. The number of alkyl halides is 3. The summed E-state index contributed by atoms with van der Waals surface area (Å²) < 4.78 is 40.8. The molecular weight excluding hydrogens is 451 g/mol. The maximum Gasteiger partial charge on any atom is 0.392 e. The molecule has 0 N–H and O–H groups in total. The molecule has 150 valence electrons. The Hall–Kier alpha value is -1.80. The van der Waals surface area contributed by atoms with Gasteiger partial charge in [0.1, 0.15) is 5.69 Å². The Balaban J connectivity index is 2.63. The van der Waals surface area contributed by atoms with E-state index in [0.29, 0.717) is 21.0 Å². The molecule has 0 aliphatic rings. The van der Waals surface area contributed by atoms with Crippen LogP contribution in [-0.2, 0) is 7.05 Å². The van der Waals surface area contributed by atoms with Crippen molar-refractivity contribution in [2.45, 2.75) is 30.8 Å². The Bertz CT molecular complexity index is 993. The van der Waals surface area contributed by atoms with Crippen molar-refractivity contribution in [1.29, 1.82) is 0 Å². The summed E-state index contributed by atoms with van der Waals surface area (Å²) >= 11 is 5.06. The Kier molecular flexibility index (Phi) is 7.71. The molecule has 0 aliphatic heterocycles. The Labute approximate surface area is 174 Å². The van der Waals surface area contributed by atoms with Gasteiger partial charge in [-0.3, -0.25) is 4.98 Å². The van der Waals surface area contributed by atoms with E-state index in [0.717, 1.165) is 16.3 Å². The van der Waals surface area contributed by atoms with Gasteiger partial charge in [-0.15, -0.1) is 18.3 Å². The second kappa shape index (κ2) is 9.60. The van der Waals surface area contributed by atoms with Crippen LogP contribution in [0.2, 0.25) is 0 Å². The van der Waals surface area contributed by atoms with Crippen LogP contribution in [0.25, 0.3) is 22.6 Å². The normalized spacial score (nSPS) is 13.6. The zero-order valence-electron chi connectivity index (χ0n) is 15.7. The highest BCUT2D eigenvalue weighted by molar-refractivity contribution is 9.15. The molecular formula is C20H21BrF3N3S. The Morgan fingerprint density at radius 3 is 2.71 bits per heavy atom. The fourth-order valence-corrected chi connectivity index (χ4v) is 4.35. The highest BCUT2D eigenvalue weighted by Gasteiger charge is 2.28. The monoisotopic (exact) mass is 471 g/mol. The van der Waals surface area contributed by atoms with Crippen molar-refractivity contribution in [1.82, 2.24) is 14.5 Å². The molecule has 0 bridgehead atoms. The van der Waals surface area contributed by atoms with Crippen LogP contribution >= 0.6 is 27.7 Å². The summed E-state index contributed by atoms with van der Waals surface area (Å²) in [6, 6.07) is 3.83. The number of hydrogen-bond acceptors (Lipinski definition) is 3. The van der Waals surface area contributed by atoms with Gasteiger partial charge in [-0.25, -0.2) is 4.98 Å². The maximum atomic E-state index is 12.8. The molecule has 2 aromatic rings. The number of halogens is 4. The third kappa shape index (κ3) is 5.61. The van der Waals surface area contributed by atoms with Gasteiger partial charge >= 0.3 is 6.18 Å². The second-order valence-electron chi connectivity index (χ2n) is 6.01. The number of hydrogen-bond donors (Lipinski definition) is 0. The van der Waals surface area contributed by atoms with E-state index < -0.39 is 12.6 Å². The smallest absolute Gasteiger partial charge is 0.325 e. The lowest BCUT2D eigenvalue weighted by Gasteiger charge is -2.09. The quantitative estimate of drug-likeness (QED) is 0.422. The highest BCUT2D eigenvalue weighted by Crippen LogP contribution is 2.29. The van der Waals surface area contributed by atoms with Gasteiger partial charge in [-0.1, -0.05) is 25.2 Å². The van der Waals surface area contributed by atoms with Crippen LogP contribution in [0.15, 0.2) is 47.5 Å². The zero-order valence-corrected chi connectivity index (χ0v) is 18.1. The van der Waals surface area contributed by atoms with E-state index in [9.17, 15) is 13.2 Å². The molecule has 0 aliphatic carbocycles. The van der Waals surface area contributed by atoms with Gasteiger partial charge in [-0.2, -0.15) is 13.2 Å². The topological polar surface area (TPSA) is 30.7 Å². The summed E-state index contributed by atoms with van der Waals surface area (Å²) in [5.41, 5.74) is 0.926. The van der Waals surface area contributed by atoms with Crippen LogP contribution in [0, 0.1) is 0 Å². The van der Waals surface area contributed by atoms with Crippen molar-refractivity contribution in [2.75, 3.05) is 5.75 Å². The minimum absolute atomic E-state index is 0.142. The van der Waals surface area contributed by atoms with Crippen molar-refractivity contribution in [3.8, 4) is 11.5 Å². The molecule has 28 heavy (non-hydrogen) atoms. The molecule has 2 rings (SSSR count). The van der Waals surface area contributed by atoms with Gasteiger partial charge in [0, 0.05) is 22.6 Å². The summed E-state index contributed by atoms with van der Waals surface area (Å²) in [7, 11) is 1.80. The maximum absolute atomic E-state index is 12.8. The molecule has 0 aromatic carbocycles. The van der Waals surface area contributed by atoms with Crippen LogP contribution in [0.5, 0.6) is 0 Å². The van der Waals surface area contributed by atoms with E-state index in [1.54, 1.807) is 29.6 Å². The molecule has 2 aromatic heterocycles. The molecule has 0 amide bonds. The van der Waals surface area contributed by atoms with Crippen molar-refractivity contribution in [3.63, 3.8) is 0 Å². The lowest BCUT2D eigenvalue weighted by atomic mass is 10.1. The summed E-state index contributed by atoms with van der Waals surface area (Å²) in [5, 5.41) is 1.07. The predicted octanol–water partition coefficient (Wildman–Crippen LogP) is 4.96. The summed E-state index contributed by atoms with van der Waals surface area (Å²) in [4.78, 5) is 9.96. The molecule has 0 fully saturated rings. The summed E-state index contributed by atoms with van der Waals surface area (Å²) in [5.74, 6) is 1.50. The fourth-order valence-electron chi connectivity index (χ4n) is 2.77. The highest BCUT2D eigenvalue weighted by atomic mass is 79.9. The molecule has 3 nitrogen and oxygen atoms in total. The number of imidazole rings is 1. The molecule has 0 atom stereocenters. The number of thioether (sulfide) groups is 1. The minimum Gasteiger partial charge on any atom is -0.325 e. The number of aromatic nitrogens is 3. The van der Waals surface area contributed by atoms with Crippen LogP contribution in [0.1, 0.15) is 19.8 Å². The zero-order chi connectivity index (χ0) is 20.9. The van der Waals surface area contributed by atoms with E-state index in [-0.39, 0.29) is 12.0 Å². The largest absolute Gasteiger partial charge is 0.392 e. The SMILES string of the molecule is C=CC/C(=C\C(Br)=c1/c(=C)nc(-c2ncccc2SCC)n1C)CC(F)(F)F. The van der Waals surface area contributed by atoms with E-state index in [4.69, 9.17) is 0 Å². The number of nitrogens with zero attached hydrogens (tertiary/aromatic N) is 3. The number of pyridine rings is 1. The summed E-state index contributed by atoms with van der Waals surface area (Å²) in [6.45, 7) is 9.56. The lowest BCUT2D eigenvalue weighted by molar-refractivity contribution is -0.127. The van der Waals surface area contributed by atoms with Crippen molar-refractivity contribution in [2.24, 2.45) is 7.05 Å². The second-order valence-corrected chi connectivity index (χ2v) is 8.17.